The van der Waals surface area contributed by atoms with Crippen LogP contribution in [0.15, 0.2) is 0 Å². The summed E-state index contributed by atoms with van der Waals surface area (Å²) in [5.41, 5.74) is 5.40. The number of amides is 1. The van der Waals surface area contributed by atoms with Crippen LogP contribution in [0.2, 0.25) is 0 Å². The van der Waals surface area contributed by atoms with Gasteiger partial charge in [-0.1, -0.05) is 26.7 Å². The number of nitrogens with two attached hydrogens (primary N) is 1. The topological polar surface area (TPSA) is 77.2 Å². The second-order valence-corrected chi connectivity index (χ2v) is 9.29. The first kappa shape index (κ1) is 16.3. The summed E-state index contributed by atoms with van der Waals surface area (Å²) in [5.74, 6) is -0.196. The molecule has 2 N–H and O–H groups in total. The molecule has 0 bridgehead atoms. The zero-order valence-electron chi connectivity index (χ0n) is 14.8. The minimum Gasteiger partial charge on any atom is -0.369 e. The molecular weight excluding hydrogens is 302 g/mol. The van der Waals surface area contributed by atoms with Crippen molar-refractivity contribution in [2.75, 3.05) is 0 Å². The van der Waals surface area contributed by atoms with E-state index in [0.29, 0.717) is 18.1 Å². The average molecular weight is 331 g/mol. The number of rotatable bonds is 1. The summed E-state index contributed by atoms with van der Waals surface area (Å²) < 4.78 is 0. The van der Waals surface area contributed by atoms with Crippen LogP contribution in [0.1, 0.15) is 65.2 Å². The van der Waals surface area contributed by atoms with Crippen molar-refractivity contribution >= 4 is 17.5 Å². The lowest BCUT2D eigenvalue weighted by atomic mass is 9.42. The van der Waals surface area contributed by atoms with Crippen LogP contribution in [0.4, 0.5) is 0 Å². The maximum atomic E-state index is 13.2. The van der Waals surface area contributed by atoms with E-state index in [4.69, 9.17) is 5.73 Å². The molecule has 0 saturated heterocycles. The number of hydrogen-bond acceptors (Lipinski definition) is 3. The van der Waals surface area contributed by atoms with E-state index in [1.54, 1.807) is 0 Å². The zero-order valence-corrected chi connectivity index (χ0v) is 14.8. The lowest BCUT2D eigenvalue weighted by Crippen LogP contribution is -2.62. The van der Waals surface area contributed by atoms with Gasteiger partial charge in [-0.3, -0.25) is 14.4 Å². The standard InChI is InChI=1S/C20H29NO3/c1-19-9-4-3-5-13(19)17(23)16(18(21)24)15-11-6-7-14(22)20(11,2)10-8-12(15)19/h11-13,15-16H,3-10H2,1-2H3,(H2,21,24)/t11-,12-,13?,15-,16-,19+,20-/m0/s1. The van der Waals surface area contributed by atoms with Crippen molar-refractivity contribution in [3.63, 3.8) is 0 Å². The van der Waals surface area contributed by atoms with Gasteiger partial charge in [0.1, 0.15) is 11.6 Å². The molecular formula is C20H29NO3. The van der Waals surface area contributed by atoms with Gasteiger partial charge in [-0.2, -0.15) is 0 Å². The SMILES string of the molecule is C[C@]12CCCCC1C(=O)[C@@H](C(N)=O)[C@@H]1[C@@H]2CC[C@]2(C)C(=O)CC[C@@H]12. The van der Waals surface area contributed by atoms with Gasteiger partial charge < -0.3 is 5.73 Å². The van der Waals surface area contributed by atoms with Crippen molar-refractivity contribution in [2.24, 2.45) is 46.2 Å². The fourth-order valence-electron chi connectivity index (χ4n) is 7.21. The highest BCUT2D eigenvalue weighted by molar-refractivity contribution is 6.03. The zero-order chi connectivity index (χ0) is 17.3. The summed E-state index contributed by atoms with van der Waals surface area (Å²) in [4.78, 5) is 38.1. The van der Waals surface area contributed by atoms with Gasteiger partial charge in [-0.25, -0.2) is 0 Å². The van der Waals surface area contributed by atoms with E-state index in [1.807, 2.05) is 0 Å². The molecule has 4 fully saturated rings. The summed E-state index contributed by atoms with van der Waals surface area (Å²) in [5, 5.41) is 0. The molecule has 4 rings (SSSR count). The lowest BCUT2D eigenvalue weighted by Gasteiger charge is -2.60. The van der Waals surface area contributed by atoms with Crippen LogP contribution in [0.3, 0.4) is 0 Å². The van der Waals surface area contributed by atoms with E-state index >= 15 is 0 Å². The first-order chi connectivity index (χ1) is 11.3. The molecule has 0 aromatic rings. The maximum Gasteiger partial charge on any atom is 0.228 e. The van der Waals surface area contributed by atoms with E-state index in [2.05, 4.69) is 13.8 Å². The van der Waals surface area contributed by atoms with E-state index in [0.717, 1.165) is 38.5 Å². The summed E-state index contributed by atoms with van der Waals surface area (Å²) >= 11 is 0. The predicted molar refractivity (Wildman–Crippen MR) is 89.8 cm³/mol. The van der Waals surface area contributed by atoms with Crippen LogP contribution in [0.5, 0.6) is 0 Å². The largest absolute Gasteiger partial charge is 0.369 e. The molecule has 7 atom stereocenters. The maximum absolute atomic E-state index is 13.2. The van der Waals surface area contributed by atoms with Gasteiger partial charge in [0.25, 0.3) is 0 Å². The van der Waals surface area contributed by atoms with Gasteiger partial charge in [0.15, 0.2) is 0 Å². The Balaban J connectivity index is 1.82. The molecule has 1 amide bonds. The Morgan fingerprint density at radius 2 is 1.79 bits per heavy atom. The second-order valence-electron chi connectivity index (χ2n) is 9.29. The molecule has 4 saturated carbocycles. The normalized spacial score (nSPS) is 50.8. The van der Waals surface area contributed by atoms with E-state index in [1.165, 1.54) is 6.42 Å². The summed E-state index contributed by atoms with van der Waals surface area (Å²) in [6.45, 7) is 4.35. The number of primary amides is 1. The van der Waals surface area contributed by atoms with E-state index in [-0.39, 0.29) is 34.4 Å². The molecule has 1 unspecified atom stereocenters. The minimum absolute atomic E-state index is 0.00107. The van der Waals surface area contributed by atoms with Crippen LogP contribution in [0.25, 0.3) is 0 Å². The van der Waals surface area contributed by atoms with Gasteiger partial charge in [0, 0.05) is 17.8 Å². The third kappa shape index (κ3) is 1.89. The van der Waals surface area contributed by atoms with E-state index in [9.17, 15) is 14.4 Å². The number of carbonyl (C=O) groups is 3. The Morgan fingerprint density at radius 3 is 2.50 bits per heavy atom. The van der Waals surface area contributed by atoms with Crippen molar-refractivity contribution in [2.45, 2.75) is 65.2 Å². The molecule has 4 aliphatic carbocycles. The molecule has 0 aromatic carbocycles. The lowest BCUT2D eigenvalue weighted by molar-refractivity contribution is -0.170. The van der Waals surface area contributed by atoms with Gasteiger partial charge in [-0.15, -0.1) is 0 Å². The van der Waals surface area contributed by atoms with Crippen LogP contribution in [0, 0.1) is 40.4 Å². The highest BCUT2D eigenvalue weighted by Gasteiger charge is 2.65. The molecule has 4 nitrogen and oxygen atoms in total. The summed E-state index contributed by atoms with van der Waals surface area (Å²) in [7, 11) is 0. The Bertz CT molecular complexity index is 614. The first-order valence-electron chi connectivity index (χ1n) is 9.67. The van der Waals surface area contributed by atoms with Gasteiger partial charge >= 0.3 is 0 Å². The van der Waals surface area contributed by atoms with Crippen molar-refractivity contribution in [3.05, 3.63) is 0 Å². The van der Waals surface area contributed by atoms with Crippen molar-refractivity contribution in [1.82, 2.24) is 0 Å². The molecule has 0 heterocycles. The van der Waals surface area contributed by atoms with Gasteiger partial charge in [0.2, 0.25) is 5.91 Å². The number of Topliss-reactive ketones (excluding diaryl/α,β-unsaturated/α-hetero) is 2. The highest BCUT2D eigenvalue weighted by atomic mass is 16.2. The molecule has 132 valence electrons. The summed E-state index contributed by atoms with van der Waals surface area (Å²) in [6.07, 6.45) is 7.54. The Morgan fingerprint density at radius 1 is 1.04 bits per heavy atom. The third-order valence-electron chi connectivity index (χ3n) is 8.48. The van der Waals surface area contributed by atoms with Gasteiger partial charge in [0.05, 0.1) is 5.92 Å². The quantitative estimate of drug-likeness (QED) is 0.751. The average Bonchev–Trinajstić information content (AvgIpc) is 2.83. The van der Waals surface area contributed by atoms with Crippen molar-refractivity contribution in [3.8, 4) is 0 Å². The number of hydrogen-bond donors (Lipinski definition) is 1. The molecule has 0 radical (unpaired) electrons. The fraction of sp³-hybridized carbons (Fsp3) is 0.850. The molecule has 4 heteroatoms. The third-order valence-corrected chi connectivity index (χ3v) is 8.48. The number of carbonyl (C=O) groups excluding carboxylic acids is 3. The predicted octanol–water partition coefficient (Wildman–Crippen LogP) is 2.88. The van der Waals surface area contributed by atoms with Crippen LogP contribution in [-0.2, 0) is 14.4 Å². The van der Waals surface area contributed by atoms with Crippen LogP contribution >= 0.6 is 0 Å². The number of fused-ring (bicyclic) bond motifs is 5. The molecule has 24 heavy (non-hydrogen) atoms. The molecule has 0 aliphatic heterocycles. The van der Waals surface area contributed by atoms with Crippen molar-refractivity contribution in [1.29, 1.82) is 0 Å². The van der Waals surface area contributed by atoms with Gasteiger partial charge in [-0.05, 0) is 55.3 Å². The molecule has 0 spiro atoms. The Kier molecular flexibility index (Phi) is 3.50. The Labute approximate surface area is 143 Å². The molecule has 0 aromatic heterocycles. The monoisotopic (exact) mass is 331 g/mol. The van der Waals surface area contributed by atoms with Crippen LogP contribution < -0.4 is 5.73 Å². The van der Waals surface area contributed by atoms with Crippen LogP contribution in [-0.4, -0.2) is 17.5 Å². The highest BCUT2D eigenvalue weighted by Crippen LogP contribution is 2.65. The fourth-order valence-corrected chi connectivity index (χ4v) is 7.21. The minimum atomic E-state index is -0.665. The first-order valence-corrected chi connectivity index (χ1v) is 9.67. The molecule has 4 aliphatic rings. The Hall–Kier alpha value is -1.19. The van der Waals surface area contributed by atoms with E-state index < -0.39 is 11.8 Å². The second kappa shape index (κ2) is 5.15. The number of ketones is 2. The smallest absolute Gasteiger partial charge is 0.228 e. The van der Waals surface area contributed by atoms with Crippen molar-refractivity contribution < 1.29 is 14.4 Å². The summed E-state index contributed by atoms with van der Waals surface area (Å²) in [6, 6.07) is 0.